The molecule has 0 saturated carbocycles. The van der Waals surface area contributed by atoms with E-state index in [2.05, 4.69) is 22.7 Å². The standard InChI is InChI=1S/C29H32F3N5O3.C2H2/c1-18(21-5-4-6-22(15-21)29(30,31)32)19-7-9-20(10-8-19)25-26-27(33)34-11-12-37(26)28(35(25)2)23-16-36(13-14-40-23)24(38)17-39-3;1-2/h4-12,15,18,23,28H,13-14,16-17H2,1-3H3,(H2,33,34);1-2H/t18-,23?,28?;/m0./s1. The van der Waals surface area contributed by atoms with E-state index in [0.29, 0.717) is 31.1 Å². The van der Waals surface area contributed by atoms with Crippen LogP contribution in [0, 0.1) is 12.8 Å². The van der Waals surface area contributed by atoms with Crippen molar-refractivity contribution in [2.24, 2.45) is 10.7 Å². The second kappa shape index (κ2) is 12.7. The lowest BCUT2D eigenvalue weighted by Crippen LogP contribution is -2.57. The number of likely N-dealkylation sites (N-methyl/N-ethyl adjacent to an activating group) is 1. The number of amidine groups is 1. The Kier molecular flexibility index (Phi) is 9.29. The summed E-state index contributed by atoms with van der Waals surface area (Å²) in [7, 11) is 3.44. The van der Waals surface area contributed by atoms with Crippen LogP contribution in [0.15, 0.2) is 71.6 Å². The molecule has 2 N–H and O–H groups in total. The number of ether oxygens (including phenoxy) is 2. The van der Waals surface area contributed by atoms with E-state index >= 15 is 0 Å². The number of nitrogens with zero attached hydrogens (tertiary/aromatic N) is 4. The third-order valence-corrected chi connectivity index (χ3v) is 7.65. The Hall–Kier alpha value is -4.27. The average molecular weight is 582 g/mol. The number of terminal acetylenes is 1. The van der Waals surface area contributed by atoms with Crippen LogP contribution in [0.4, 0.5) is 13.2 Å². The number of hydrogen-bond acceptors (Lipinski definition) is 7. The van der Waals surface area contributed by atoms with E-state index in [9.17, 15) is 18.0 Å². The van der Waals surface area contributed by atoms with Gasteiger partial charge in [0.2, 0.25) is 5.91 Å². The molecule has 0 radical (unpaired) electrons. The monoisotopic (exact) mass is 581 g/mol. The van der Waals surface area contributed by atoms with Crippen LogP contribution < -0.4 is 5.73 Å². The van der Waals surface area contributed by atoms with E-state index in [1.807, 2.05) is 49.3 Å². The van der Waals surface area contributed by atoms with Crippen molar-refractivity contribution in [3.63, 3.8) is 0 Å². The molecule has 1 saturated heterocycles. The molecule has 42 heavy (non-hydrogen) atoms. The highest BCUT2D eigenvalue weighted by atomic mass is 19.4. The molecule has 8 nitrogen and oxygen atoms in total. The molecule has 3 heterocycles. The van der Waals surface area contributed by atoms with Gasteiger partial charge in [-0.15, -0.1) is 12.8 Å². The van der Waals surface area contributed by atoms with Crippen molar-refractivity contribution in [1.29, 1.82) is 0 Å². The predicted molar refractivity (Wildman–Crippen MR) is 155 cm³/mol. The second-order valence-electron chi connectivity index (χ2n) is 10.1. The van der Waals surface area contributed by atoms with E-state index in [1.54, 1.807) is 17.2 Å². The van der Waals surface area contributed by atoms with Crippen molar-refractivity contribution in [1.82, 2.24) is 14.7 Å². The van der Waals surface area contributed by atoms with Gasteiger partial charge in [0.15, 0.2) is 0 Å². The molecule has 3 aliphatic heterocycles. The van der Waals surface area contributed by atoms with Gasteiger partial charge in [0.25, 0.3) is 0 Å². The number of fused-ring (bicyclic) bond motifs is 1. The largest absolute Gasteiger partial charge is 0.416 e. The molecular formula is C31H34F3N5O3. The van der Waals surface area contributed by atoms with Crippen LogP contribution in [0.2, 0.25) is 0 Å². The number of carbonyl (C=O) groups is 1. The Balaban J connectivity index is 0.00000198. The number of alkyl halides is 3. The lowest BCUT2D eigenvalue weighted by molar-refractivity contribution is -0.146. The number of benzene rings is 2. The zero-order valence-corrected chi connectivity index (χ0v) is 23.7. The number of amides is 1. The van der Waals surface area contributed by atoms with Gasteiger partial charge in [-0.1, -0.05) is 49.4 Å². The van der Waals surface area contributed by atoms with Crippen LogP contribution in [0.3, 0.4) is 0 Å². The first-order valence-electron chi connectivity index (χ1n) is 13.3. The minimum atomic E-state index is -4.39. The number of methoxy groups -OCH3 is 1. The van der Waals surface area contributed by atoms with Crippen molar-refractivity contribution in [2.45, 2.75) is 31.3 Å². The maximum Gasteiger partial charge on any atom is 0.416 e. The van der Waals surface area contributed by atoms with Crippen molar-refractivity contribution in [2.75, 3.05) is 40.5 Å². The predicted octanol–water partition coefficient (Wildman–Crippen LogP) is 4.06. The highest BCUT2D eigenvalue weighted by Crippen LogP contribution is 2.40. The summed E-state index contributed by atoms with van der Waals surface area (Å²) < 4.78 is 50.9. The summed E-state index contributed by atoms with van der Waals surface area (Å²) in [4.78, 5) is 22.7. The summed E-state index contributed by atoms with van der Waals surface area (Å²) in [6.45, 7) is 3.19. The van der Waals surface area contributed by atoms with Crippen molar-refractivity contribution >= 4 is 17.4 Å². The molecule has 3 atom stereocenters. The van der Waals surface area contributed by atoms with Crippen molar-refractivity contribution in [3.05, 3.63) is 88.9 Å². The Bertz CT molecular complexity index is 1400. The first-order valence-corrected chi connectivity index (χ1v) is 13.3. The van der Waals surface area contributed by atoms with Gasteiger partial charge >= 0.3 is 6.18 Å². The van der Waals surface area contributed by atoms with E-state index in [1.165, 1.54) is 19.2 Å². The van der Waals surface area contributed by atoms with Gasteiger partial charge in [-0.05, 0) is 17.2 Å². The third-order valence-electron chi connectivity index (χ3n) is 7.65. The van der Waals surface area contributed by atoms with Crippen LogP contribution in [0.25, 0.3) is 5.70 Å². The normalized spacial score (nSPS) is 21.0. The fourth-order valence-corrected chi connectivity index (χ4v) is 5.58. The molecule has 1 fully saturated rings. The van der Waals surface area contributed by atoms with Gasteiger partial charge in [-0.25, -0.2) is 4.99 Å². The lowest BCUT2D eigenvalue weighted by atomic mass is 9.91. The molecule has 3 aliphatic rings. The molecule has 1 amide bonds. The molecule has 2 unspecified atom stereocenters. The smallest absolute Gasteiger partial charge is 0.382 e. The highest BCUT2D eigenvalue weighted by Gasteiger charge is 2.45. The fourth-order valence-electron chi connectivity index (χ4n) is 5.58. The summed E-state index contributed by atoms with van der Waals surface area (Å²) in [6, 6.07) is 13.2. The van der Waals surface area contributed by atoms with Crippen LogP contribution in [0.1, 0.15) is 35.1 Å². The van der Waals surface area contributed by atoms with Gasteiger partial charge < -0.3 is 29.9 Å². The summed E-state index contributed by atoms with van der Waals surface area (Å²) in [6.07, 6.45) is 6.48. The summed E-state index contributed by atoms with van der Waals surface area (Å²) in [5.41, 5.74) is 9.65. The first kappa shape index (κ1) is 30.7. The zero-order valence-electron chi connectivity index (χ0n) is 23.7. The van der Waals surface area contributed by atoms with Gasteiger partial charge in [-0.3, -0.25) is 4.79 Å². The van der Waals surface area contributed by atoms with Gasteiger partial charge in [0.05, 0.1) is 24.4 Å². The second-order valence-corrected chi connectivity index (χ2v) is 10.1. The van der Waals surface area contributed by atoms with E-state index in [-0.39, 0.29) is 30.7 Å². The molecule has 11 heteroatoms. The molecular weight excluding hydrogens is 547 g/mol. The van der Waals surface area contributed by atoms with E-state index in [0.717, 1.165) is 28.6 Å². The molecule has 222 valence electrons. The Labute approximate surface area is 243 Å². The van der Waals surface area contributed by atoms with Gasteiger partial charge in [0.1, 0.15) is 30.4 Å². The summed E-state index contributed by atoms with van der Waals surface area (Å²) in [5.74, 6) is 0.0250. The highest BCUT2D eigenvalue weighted by molar-refractivity contribution is 6.05. The molecule has 5 rings (SSSR count). The quantitative estimate of drug-likeness (QED) is 0.519. The van der Waals surface area contributed by atoms with E-state index in [4.69, 9.17) is 15.2 Å². The number of hydrogen-bond donors (Lipinski definition) is 1. The maximum absolute atomic E-state index is 13.3. The van der Waals surface area contributed by atoms with Crippen molar-refractivity contribution in [3.8, 4) is 12.8 Å². The fraction of sp³-hybridized carbons (Fsp3) is 0.355. The molecule has 0 aliphatic carbocycles. The van der Waals surface area contributed by atoms with Crippen LogP contribution in [-0.2, 0) is 20.4 Å². The minimum absolute atomic E-state index is 0.0104. The van der Waals surface area contributed by atoms with E-state index < -0.39 is 11.7 Å². The maximum atomic E-state index is 13.3. The number of nitrogens with two attached hydrogens (primary N) is 1. The molecule has 0 spiro atoms. The summed E-state index contributed by atoms with van der Waals surface area (Å²) >= 11 is 0. The number of carbonyl (C=O) groups excluding carboxylic acids is 1. The average Bonchev–Trinajstić information content (AvgIpc) is 3.30. The third kappa shape index (κ3) is 6.00. The Morgan fingerprint density at radius 2 is 1.88 bits per heavy atom. The van der Waals surface area contributed by atoms with Crippen LogP contribution in [0.5, 0.6) is 0 Å². The number of morpholine rings is 1. The topological polar surface area (TPSA) is 83.6 Å². The molecule has 2 aromatic carbocycles. The molecule has 0 bridgehead atoms. The van der Waals surface area contributed by atoms with Crippen LogP contribution >= 0.6 is 0 Å². The van der Waals surface area contributed by atoms with Gasteiger partial charge in [0, 0.05) is 44.6 Å². The molecule has 2 aromatic rings. The molecule has 0 aromatic heterocycles. The SMILES string of the molecule is C#C.COCC(=O)N1CCOC(C2N(C)C(c3ccc([C@H](C)c4cccc(C(F)(F)F)c4)cc3)=C3C(N)=NC=CN32)C1. The lowest BCUT2D eigenvalue weighted by Gasteiger charge is -2.41. The number of rotatable bonds is 6. The summed E-state index contributed by atoms with van der Waals surface area (Å²) in [5, 5.41) is 0. The van der Waals surface area contributed by atoms with Gasteiger partial charge in [-0.2, -0.15) is 13.2 Å². The number of halogens is 3. The number of aliphatic imine (C=N–C) groups is 1. The Morgan fingerprint density at radius 3 is 2.55 bits per heavy atom. The van der Waals surface area contributed by atoms with Crippen molar-refractivity contribution < 1.29 is 27.4 Å². The minimum Gasteiger partial charge on any atom is -0.382 e. The Morgan fingerprint density at radius 1 is 1.17 bits per heavy atom. The first-order chi connectivity index (χ1) is 20.1. The van der Waals surface area contributed by atoms with Crippen LogP contribution in [-0.4, -0.2) is 79.2 Å². The zero-order chi connectivity index (χ0) is 30.6.